The first-order valence-corrected chi connectivity index (χ1v) is 18.9. The number of piperidine rings is 1. The lowest BCUT2D eigenvalue weighted by Crippen LogP contribution is -2.74. The summed E-state index contributed by atoms with van der Waals surface area (Å²) in [5, 5.41) is 13.4. The molecule has 1 N–H and O–H groups in total. The third-order valence-electron chi connectivity index (χ3n) is 13.7. The van der Waals surface area contributed by atoms with Gasteiger partial charge in [0.1, 0.15) is 6.17 Å². The summed E-state index contributed by atoms with van der Waals surface area (Å²) in [7, 11) is 2.13. The summed E-state index contributed by atoms with van der Waals surface area (Å²) in [5.74, 6) is 0.118. The Hall–Kier alpha value is -2.80. The van der Waals surface area contributed by atoms with Gasteiger partial charge >= 0.3 is 0 Å². The summed E-state index contributed by atoms with van der Waals surface area (Å²) < 4.78 is 23.8. The number of carbonyl (C=O) groups excluding carboxylic acids is 2. The number of nitriles is 1. The first-order valence-electron chi connectivity index (χ1n) is 18.9. The number of hydrogen-bond acceptors (Lipinski definition) is 7. The molecule has 1 aromatic rings. The second kappa shape index (κ2) is 13.2. The van der Waals surface area contributed by atoms with Crippen molar-refractivity contribution < 1.29 is 18.7 Å². The number of carbonyl (C=O) groups is 2. The maximum absolute atomic E-state index is 16.7. The number of rotatable bonds is 6. The standard InChI is InChI=1S/C39H52FN5O3/c1-43-17-7-12-28(43)13-16-42-38(47)30-23-45-32-20-25-8-5-6-9-26(25)21-33(32)48-37-34(45)29(36(30)46)22-31(40)35(37)44-18-14-39(24-41,15-19-44)27-10-3-2-4-11-27/h2-4,10-11,23,25-26,28-29,31-35,37H,5-9,12-22H2,1H3,(H,42,47). The third-order valence-corrected chi connectivity index (χ3v) is 13.7. The lowest BCUT2D eigenvalue weighted by atomic mass is 9.64. The molecule has 0 radical (unpaired) electrons. The van der Waals surface area contributed by atoms with Gasteiger partial charge in [0.15, 0.2) is 5.78 Å². The number of amides is 1. The van der Waals surface area contributed by atoms with Crippen LogP contribution in [0.3, 0.4) is 0 Å². The van der Waals surface area contributed by atoms with E-state index in [2.05, 4.69) is 33.1 Å². The van der Waals surface area contributed by atoms with Crippen LogP contribution in [0.15, 0.2) is 42.1 Å². The number of nitrogens with zero attached hydrogens (tertiary/aromatic N) is 4. The predicted molar refractivity (Wildman–Crippen MR) is 180 cm³/mol. The highest BCUT2D eigenvalue weighted by Gasteiger charge is 2.61. The molecule has 1 aromatic carbocycles. The monoisotopic (exact) mass is 657 g/mol. The van der Waals surface area contributed by atoms with Crippen molar-refractivity contribution >= 4 is 11.7 Å². The molecule has 4 aliphatic heterocycles. The van der Waals surface area contributed by atoms with E-state index in [-0.39, 0.29) is 41.9 Å². The molecule has 3 saturated carbocycles. The highest BCUT2D eigenvalue weighted by atomic mass is 19.1. The van der Waals surface area contributed by atoms with Crippen molar-refractivity contribution in [1.29, 1.82) is 5.26 Å². The number of fused-ring (bicyclic) bond motifs is 3. The van der Waals surface area contributed by atoms with Crippen LogP contribution in [0.2, 0.25) is 0 Å². The summed E-state index contributed by atoms with van der Waals surface area (Å²) in [4.78, 5) is 34.8. The Balaban J connectivity index is 1.06. The molecule has 0 spiro atoms. The number of nitrogens with one attached hydrogen (secondary N) is 1. The molecule has 9 heteroatoms. The smallest absolute Gasteiger partial charge is 0.256 e. The van der Waals surface area contributed by atoms with Crippen LogP contribution in [0.25, 0.3) is 0 Å². The summed E-state index contributed by atoms with van der Waals surface area (Å²) >= 11 is 0. The van der Waals surface area contributed by atoms with Gasteiger partial charge in [-0.3, -0.25) is 14.5 Å². The topological polar surface area (TPSA) is 88.9 Å². The Morgan fingerprint density at radius 3 is 2.48 bits per heavy atom. The van der Waals surface area contributed by atoms with Gasteiger partial charge in [-0.1, -0.05) is 56.0 Å². The zero-order chi connectivity index (χ0) is 33.0. The number of hydrogen-bond donors (Lipinski definition) is 1. The predicted octanol–water partition coefficient (Wildman–Crippen LogP) is 4.74. The lowest BCUT2D eigenvalue weighted by Gasteiger charge is -2.62. The molecular weight excluding hydrogens is 605 g/mol. The first kappa shape index (κ1) is 32.4. The fourth-order valence-corrected chi connectivity index (χ4v) is 11.1. The largest absolute Gasteiger partial charge is 0.369 e. The first-order chi connectivity index (χ1) is 23.4. The number of likely N-dealkylation sites (tertiary alicyclic amines) is 2. The van der Waals surface area contributed by atoms with E-state index >= 15 is 4.39 Å². The second-order valence-corrected chi connectivity index (χ2v) is 16.1. The van der Waals surface area contributed by atoms with Crippen LogP contribution in [-0.2, 0) is 19.7 Å². The molecule has 6 fully saturated rings. The average Bonchev–Trinajstić information content (AvgIpc) is 3.53. The van der Waals surface area contributed by atoms with Crippen LogP contribution in [0.5, 0.6) is 0 Å². The van der Waals surface area contributed by atoms with Crippen molar-refractivity contribution in [2.45, 2.75) is 125 Å². The van der Waals surface area contributed by atoms with E-state index in [0.717, 1.165) is 37.8 Å². The van der Waals surface area contributed by atoms with Crippen molar-refractivity contribution in [2.75, 3.05) is 33.2 Å². The van der Waals surface area contributed by atoms with Crippen LogP contribution in [0, 0.1) is 29.1 Å². The van der Waals surface area contributed by atoms with Gasteiger partial charge in [0.25, 0.3) is 5.91 Å². The van der Waals surface area contributed by atoms with Gasteiger partial charge in [-0.05, 0) is 82.4 Å². The molecule has 7 aliphatic rings. The number of benzene rings is 1. The SMILES string of the molecule is CN1CCCC1CCNC(=O)C1=CN2C3CC4CCCCC4CC3OC3C(N4CCC(C#N)(c5ccccc5)CC4)C(F)CC(C1=O)C32. The van der Waals surface area contributed by atoms with Crippen molar-refractivity contribution in [3.05, 3.63) is 47.7 Å². The maximum Gasteiger partial charge on any atom is 0.256 e. The minimum Gasteiger partial charge on any atom is -0.369 e. The fraction of sp³-hybridized carbons (Fsp3) is 0.718. The molecule has 8 nitrogen and oxygen atoms in total. The maximum atomic E-state index is 16.7. The lowest BCUT2D eigenvalue weighted by molar-refractivity contribution is -0.222. The van der Waals surface area contributed by atoms with E-state index in [4.69, 9.17) is 4.74 Å². The number of halogens is 1. The number of alkyl halides is 1. The molecule has 258 valence electrons. The van der Waals surface area contributed by atoms with E-state index in [0.29, 0.717) is 50.4 Å². The summed E-state index contributed by atoms with van der Waals surface area (Å²) in [6.45, 7) is 2.83. The second-order valence-electron chi connectivity index (χ2n) is 16.1. The van der Waals surface area contributed by atoms with Gasteiger partial charge in [0.2, 0.25) is 0 Å². The van der Waals surface area contributed by atoms with Crippen molar-refractivity contribution in [3.63, 3.8) is 0 Å². The van der Waals surface area contributed by atoms with Gasteiger partial charge in [0, 0.05) is 37.8 Å². The van der Waals surface area contributed by atoms with Gasteiger partial charge in [-0.2, -0.15) is 5.26 Å². The average molecular weight is 658 g/mol. The summed E-state index contributed by atoms with van der Waals surface area (Å²) in [6.07, 6.45) is 11.6. The molecule has 8 rings (SSSR count). The Labute approximate surface area is 285 Å². The summed E-state index contributed by atoms with van der Waals surface area (Å²) in [5.41, 5.74) is 0.652. The van der Waals surface area contributed by atoms with Gasteiger partial charge in [-0.15, -0.1) is 0 Å². The quantitative estimate of drug-likeness (QED) is 0.442. The molecule has 3 aliphatic carbocycles. The van der Waals surface area contributed by atoms with E-state index in [1.807, 2.05) is 36.5 Å². The molecular formula is C39H52FN5O3. The summed E-state index contributed by atoms with van der Waals surface area (Å²) in [6, 6.07) is 12.4. The minimum atomic E-state index is -1.25. The zero-order valence-electron chi connectivity index (χ0n) is 28.4. The minimum absolute atomic E-state index is 0.0435. The number of Topliss-reactive ketones (excluding diaryl/α,β-unsaturated/α-hetero) is 1. The fourth-order valence-electron chi connectivity index (χ4n) is 11.1. The third kappa shape index (κ3) is 5.60. The highest BCUT2D eigenvalue weighted by molar-refractivity contribution is 6.20. The van der Waals surface area contributed by atoms with Crippen LogP contribution in [-0.4, -0.2) is 102 Å². The van der Waals surface area contributed by atoms with E-state index in [9.17, 15) is 14.9 Å². The molecule has 4 heterocycles. The molecule has 3 saturated heterocycles. The highest BCUT2D eigenvalue weighted by Crippen LogP contribution is 2.51. The van der Waals surface area contributed by atoms with E-state index in [1.54, 1.807) is 0 Å². The molecule has 0 aromatic heterocycles. The van der Waals surface area contributed by atoms with E-state index in [1.165, 1.54) is 32.1 Å². The van der Waals surface area contributed by atoms with Crippen molar-refractivity contribution in [1.82, 2.24) is 20.0 Å². The Bertz CT molecular complexity index is 1440. The van der Waals surface area contributed by atoms with Gasteiger partial charge in [0.05, 0.1) is 47.4 Å². The molecule has 0 bridgehead atoms. The molecule has 48 heavy (non-hydrogen) atoms. The molecule has 10 atom stereocenters. The Kier molecular flexibility index (Phi) is 8.88. The van der Waals surface area contributed by atoms with Crippen LogP contribution >= 0.6 is 0 Å². The van der Waals surface area contributed by atoms with E-state index < -0.39 is 29.7 Å². The van der Waals surface area contributed by atoms with Crippen molar-refractivity contribution in [2.24, 2.45) is 17.8 Å². The van der Waals surface area contributed by atoms with Gasteiger partial charge < -0.3 is 19.9 Å². The van der Waals surface area contributed by atoms with Gasteiger partial charge in [-0.25, -0.2) is 4.39 Å². The Morgan fingerprint density at radius 2 is 1.77 bits per heavy atom. The normalized spacial score (nSPS) is 39.4. The zero-order valence-corrected chi connectivity index (χ0v) is 28.4. The van der Waals surface area contributed by atoms with Crippen LogP contribution in [0.4, 0.5) is 4.39 Å². The number of ketones is 1. The molecule has 1 amide bonds. The van der Waals surface area contributed by atoms with Crippen LogP contribution < -0.4 is 5.32 Å². The molecule has 10 unspecified atom stereocenters. The van der Waals surface area contributed by atoms with Crippen LogP contribution in [0.1, 0.15) is 82.6 Å². The number of ether oxygens (including phenoxy) is 1. The Morgan fingerprint density at radius 1 is 1.02 bits per heavy atom. The number of morpholine rings is 1. The van der Waals surface area contributed by atoms with Crippen molar-refractivity contribution in [3.8, 4) is 6.07 Å².